The number of carboxylic acids is 1. The van der Waals surface area contributed by atoms with Crippen molar-refractivity contribution >= 4 is 11.9 Å². The molecular weight excluding hydrogens is 182 g/mol. The van der Waals surface area contributed by atoms with Gasteiger partial charge < -0.3 is 10.4 Å². The van der Waals surface area contributed by atoms with E-state index in [1.54, 1.807) is 13.8 Å². The van der Waals surface area contributed by atoms with Crippen LogP contribution in [0.25, 0.3) is 0 Å². The zero-order valence-electron chi connectivity index (χ0n) is 8.26. The van der Waals surface area contributed by atoms with Gasteiger partial charge in [-0.15, -0.1) is 6.42 Å². The van der Waals surface area contributed by atoms with E-state index >= 15 is 0 Å². The molecular formula is C10H13NO3. The lowest BCUT2D eigenvalue weighted by Gasteiger charge is -2.21. The summed E-state index contributed by atoms with van der Waals surface area (Å²) in [7, 11) is 0. The second-order valence-corrected chi connectivity index (χ2v) is 4.11. The van der Waals surface area contributed by atoms with Crippen molar-refractivity contribution in [2.24, 2.45) is 5.41 Å². The highest BCUT2D eigenvalue weighted by atomic mass is 16.4. The molecule has 14 heavy (non-hydrogen) atoms. The minimum Gasteiger partial charge on any atom is -0.480 e. The van der Waals surface area contributed by atoms with Gasteiger partial charge in [0.15, 0.2) is 0 Å². The second-order valence-electron chi connectivity index (χ2n) is 4.11. The molecule has 0 bridgehead atoms. The molecule has 0 radical (unpaired) electrons. The van der Waals surface area contributed by atoms with Gasteiger partial charge in [0, 0.05) is 0 Å². The molecule has 0 aromatic heterocycles. The van der Waals surface area contributed by atoms with E-state index in [9.17, 15) is 9.59 Å². The predicted octanol–water partition coefficient (Wildman–Crippen LogP) is 0.379. The Balaban J connectivity index is 2.70. The lowest BCUT2D eigenvalue weighted by Crippen LogP contribution is -2.47. The third-order valence-electron chi connectivity index (χ3n) is 2.38. The number of carbonyl (C=O) groups excluding carboxylic acids is 1. The normalized spacial score (nSPS) is 18.1. The van der Waals surface area contributed by atoms with Crippen molar-refractivity contribution in [3.05, 3.63) is 0 Å². The van der Waals surface area contributed by atoms with E-state index in [-0.39, 0.29) is 0 Å². The Morgan fingerprint density at radius 1 is 1.50 bits per heavy atom. The fourth-order valence-electron chi connectivity index (χ4n) is 1.10. The average molecular weight is 195 g/mol. The van der Waals surface area contributed by atoms with Gasteiger partial charge in [-0.25, -0.2) is 0 Å². The van der Waals surface area contributed by atoms with E-state index in [1.807, 2.05) is 0 Å². The average Bonchev–Trinajstić information content (AvgIpc) is 2.83. The molecule has 2 N–H and O–H groups in total. The summed E-state index contributed by atoms with van der Waals surface area (Å²) in [6.07, 6.45) is 5.98. The van der Waals surface area contributed by atoms with E-state index in [1.165, 1.54) is 0 Å². The number of amides is 1. The Labute approximate surface area is 82.7 Å². The van der Waals surface area contributed by atoms with E-state index in [0.29, 0.717) is 12.8 Å². The molecule has 4 nitrogen and oxygen atoms in total. The highest BCUT2D eigenvalue weighted by molar-refractivity contribution is 6.05. The maximum Gasteiger partial charge on any atom is 0.319 e. The molecule has 1 fully saturated rings. The first-order valence-electron chi connectivity index (χ1n) is 4.38. The zero-order valence-corrected chi connectivity index (χ0v) is 8.26. The van der Waals surface area contributed by atoms with Crippen LogP contribution < -0.4 is 5.32 Å². The van der Waals surface area contributed by atoms with Gasteiger partial charge >= 0.3 is 5.97 Å². The highest BCUT2D eigenvalue weighted by Crippen LogP contribution is 2.46. The number of rotatable bonds is 3. The second kappa shape index (κ2) is 3.02. The van der Waals surface area contributed by atoms with E-state index in [2.05, 4.69) is 11.2 Å². The van der Waals surface area contributed by atoms with E-state index in [0.717, 1.165) is 0 Å². The van der Waals surface area contributed by atoms with Crippen LogP contribution in [0.2, 0.25) is 0 Å². The SMILES string of the molecule is C#CC(C)(C)NC(=O)C1(C(=O)O)CC1. The van der Waals surface area contributed by atoms with Crippen LogP contribution in [-0.4, -0.2) is 22.5 Å². The number of terminal acetylenes is 1. The fraction of sp³-hybridized carbons (Fsp3) is 0.600. The van der Waals surface area contributed by atoms with E-state index < -0.39 is 22.8 Å². The van der Waals surface area contributed by atoms with Crippen molar-refractivity contribution in [2.75, 3.05) is 0 Å². The van der Waals surface area contributed by atoms with Crippen LogP contribution in [0, 0.1) is 17.8 Å². The molecule has 1 rings (SSSR count). The quantitative estimate of drug-likeness (QED) is 0.505. The molecule has 1 amide bonds. The summed E-state index contributed by atoms with van der Waals surface area (Å²) in [5, 5.41) is 11.4. The molecule has 0 aromatic carbocycles. The fourth-order valence-corrected chi connectivity index (χ4v) is 1.10. The smallest absolute Gasteiger partial charge is 0.319 e. The number of hydrogen-bond acceptors (Lipinski definition) is 2. The third-order valence-corrected chi connectivity index (χ3v) is 2.38. The topological polar surface area (TPSA) is 66.4 Å². The lowest BCUT2D eigenvalue weighted by atomic mass is 10.0. The Morgan fingerprint density at radius 3 is 2.29 bits per heavy atom. The predicted molar refractivity (Wildman–Crippen MR) is 50.4 cm³/mol. The minimum absolute atomic E-state index is 0.398. The van der Waals surface area contributed by atoms with Crippen molar-refractivity contribution < 1.29 is 14.7 Å². The summed E-state index contributed by atoms with van der Waals surface area (Å²) in [6, 6.07) is 0. The van der Waals surface area contributed by atoms with Gasteiger partial charge in [0.1, 0.15) is 5.41 Å². The van der Waals surface area contributed by atoms with Crippen molar-refractivity contribution in [2.45, 2.75) is 32.2 Å². The van der Waals surface area contributed by atoms with Crippen LogP contribution in [0.1, 0.15) is 26.7 Å². The maximum atomic E-state index is 11.6. The van der Waals surface area contributed by atoms with Crippen molar-refractivity contribution in [3.8, 4) is 12.3 Å². The van der Waals surface area contributed by atoms with Gasteiger partial charge in [0.2, 0.25) is 5.91 Å². The Morgan fingerprint density at radius 2 is 2.00 bits per heavy atom. The molecule has 1 saturated carbocycles. The number of aliphatic carboxylic acids is 1. The number of carboxylic acid groups (broad SMARTS) is 1. The molecule has 0 spiro atoms. The molecule has 0 unspecified atom stereocenters. The molecule has 0 aromatic rings. The Kier molecular flexibility index (Phi) is 2.28. The molecule has 0 atom stereocenters. The molecule has 4 heteroatoms. The molecule has 0 heterocycles. The number of hydrogen-bond donors (Lipinski definition) is 2. The van der Waals surface area contributed by atoms with Crippen LogP contribution in [-0.2, 0) is 9.59 Å². The van der Waals surface area contributed by atoms with Gasteiger partial charge in [-0.2, -0.15) is 0 Å². The first-order chi connectivity index (χ1) is 6.34. The largest absolute Gasteiger partial charge is 0.480 e. The van der Waals surface area contributed by atoms with Gasteiger partial charge in [-0.05, 0) is 26.7 Å². The van der Waals surface area contributed by atoms with Gasteiger partial charge in [-0.1, -0.05) is 5.92 Å². The lowest BCUT2D eigenvalue weighted by molar-refractivity contribution is -0.149. The summed E-state index contributed by atoms with van der Waals surface area (Å²) < 4.78 is 0. The maximum absolute atomic E-state index is 11.6. The van der Waals surface area contributed by atoms with Gasteiger partial charge in [0.25, 0.3) is 0 Å². The third kappa shape index (κ3) is 1.72. The van der Waals surface area contributed by atoms with Gasteiger partial charge in [0.05, 0.1) is 5.54 Å². The summed E-state index contributed by atoms with van der Waals surface area (Å²) in [5.41, 5.74) is -2.00. The summed E-state index contributed by atoms with van der Waals surface area (Å²) in [5.74, 6) is 0.841. The molecule has 1 aliphatic rings. The number of carbonyl (C=O) groups is 2. The van der Waals surface area contributed by atoms with E-state index in [4.69, 9.17) is 11.5 Å². The summed E-state index contributed by atoms with van der Waals surface area (Å²) >= 11 is 0. The molecule has 76 valence electrons. The Bertz CT molecular complexity index is 321. The monoisotopic (exact) mass is 195 g/mol. The number of nitrogens with one attached hydrogen (secondary N) is 1. The molecule has 0 saturated heterocycles. The summed E-state index contributed by atoms with van der Waals surface area (Å²) in [4.78, 5) is 22.3. The van der Waals surface area contributed by atoms with Gasteiger partial charge in [-0.3, -0.25) is 9.59 Å². The molecule has 0 aliphatic heterocycles. The van der Waals surface area contributed by atoms with Crippen LogP contribution in [0.5, 0.6) is 0 Å². The summed E-state index contributed by atoms with van der Waals surface area (Å²) in [6.45, 7) is 3.31. The minimum atomic E-state index is -1.21. The van der Waals surface area contributed by atoms with Crippen LogP contribution in [0.3, 0.4) is 0 Å². The Hall–Kier alpha value is -1.50. The van der Waals surface area contributed by atoms with Crippen molar-refractivity contribution in [1.82, 2.24) is 5.32 Å². The van der Waals surface area contributed by atoms with Crippen molar-refractivity contribution in [1.29, 1.82) is 0 Å². The van der Waals surface area contributed by atoms with Crippen LogP contribution in [0.15, 0.2) is 0 Å². The molecule has 1 aliphatic carbocycles. The highest BCUT2D eigenvalue weighted by Gasteiger charge is 2.57. The van der Waals surface area contributed by atoms with Crippen LogP contribution >= 0.6 is 0 Å². The first kappa shape index (κ1) is 10.6. The standard InChI is InChI=1S/C10H13NO3/c1-4-9(2,3)11-7(12)10(5-6-10)8(13)14/h1H,5-6H2,2-3H3,(H,11,12)(H,13,14). The first-order valence-corrected chi connectivity index (χ1v) is 4.38. The zero-order chi connectivity index (χ0) is 11.0. The van der Waals surface area contributed by atoms with Crippen LogP contribution in [0.4, 0.5) is 0 Å². The van der Waals surface area contributed by atoms with Crippen molar-refractivity contribution in [3.63, 3.8) is 0 Å².